The number of likely N-dealkylation sites (tertiary alicyclic amines) is 1. The fourth-order valence-electron chi connectivity index (χ4n) is 6.15. The van der Waals surface area contributed by atoms with Crippen molar-refractivity contribution in [2.24, 2.45) is 17.8 Å². The van der Waals surface area contributed by atoms with Crippen LogP contribution in [0.4, 0.5) is 0 Å². The Morgan fingerprint density at radius 1 is 1.16 bits per heavy atom. The van der Waals surface area contributed by atoms with Crippen LogP contribution in [0.15, 0.2) is 34.9 Å². The van der Waals surface area contributed by atoms with E-state index in [0.717, 1.165) is 30.4 Å². The van der Waals surface area contributed by atoms with Gasteiger partial charge in [0.2, 0.25) is 11.8 Å². The lowest BCUT2D eigenvalue weighted by Crippen LogP contribution is -2.34. The van der Waals surface area contributed by atoms with Crippen LogP contribution in [0.3, 0.4) is 0 Å². The molecule has 0 unspecified atom stereocenters. The zero-order chi connectivity index (χ0) is 26.7. The second kappa shape index (κ2) is 11.8. The molecule has 0 aromatic heterocycles. The van der Waals surface area contributed by atoms with E-state index < -0.39 is 5.97 Å². The number of hydrogen-bond donors (Lipinski definition) is 2. The molecule has 1 aromatic rings. The Labute approximate surface area is 223 Å². The molecule has 200 valence electrons. The fraction of sp³-hybridized carbons (Fsp3) is 0.552. The van der Waals surface area contributed by atoms with E-state index in [1.807, 2.05) is 6.08 Å². The smallest absolute Gasteiger partial charge is 0.303 e. The highest BCUT2D eigenvalue weighted by atomic mass is 35.5. The topological polar surface area (TPSA) is 104 Å². The Hall–Kier alpha value is -2.64. The van der Waals surface area contributed by atoms with Crippen LogP contribution < -0.4 is 0 Å². The summed E-state index contributed by atoms with van der Waals surface area (Å²) < 4.78 is 6.25. The summed E-state index contributed by atoms with van der Waals surface area (Å²) in [6.45, 7) is 4.98. The van der Waals surface area contributed by atoms with Gasteiger partial charge in [0.1, 0.15) is 5.75 Å². The summed E-state index contributed by atoms with van der Waals surface area (Å²) in [5.74, 6) is -1.57. The first-order valence-corrected chi connectivity index (χ1v) is 13.6. The molecule has 2 aliphatic heterocycles. The van der Waals surface area contributed by atoms with Gasteiger partial charge in [0.05, 0.1) is 29.6 Å². The molecule has 2 N–H and O–H groups in total. The number of phenolic OH excluding ortho intramolecular Hbond substituents is 1. The third kappa shape index (κ3) is 5.93. The van der Waals surface area contributed by atoms with Gasteiger partial charge in [-0.2, -0.15) is 0 Å². The van der Waals surface area contributed by atoms with E-state index in [9.17, 15) is 19.5 Å². The minimum absolute atomic E-state index is 0.0528. The third-order valence-corrected chi connectivity index (χ3v) is 8.31. The lowest BCUT2D eigenvalue weighted by Gasteiger charge is -2.31. The highest BCUT2D eigenvalue weighted by Gasteiger charge is 2.56. The molecule has 0 radical (unpaired) electrons. The van der Waals surface area contributed by atoms with Crippen LogP contribution in [-0.2, 0) is 19.1 Å². The second-order valence-electron chi connectivity index (χ2n) is 10.4. The van der Waals surface area contributed by atoms with E-state index in [-0.39, 0.29) is 47.8 Å². The van der Waals surface area contributed by atoms with Crippen LogP contribution >= 0.6 is 11.6 Å². The van der Waals surface area contributed by atoms with Gasteiger partial charge in [-0.3, -0.25) is 19.3 Å². The molecule has 0 spiro atoms. The maximum absolute atomic E-state index is 13.4. The van der Waals surface area contributed by atoms with Gasteiger partial charge in [-0.25, -0.2) is 0 Å². The summed E-state index contributed by atoms with van der Waals surface area (Å²) in [5, 5.41) is 18.9. The molecule has 0 bridgehead atoms. The normalized spacial score (nSPS) is 25.6. The Kier molecular flexibility index (Phi) is 8.75. The van der Waals surface area contributed by atoms with Crippen LogP contribution in [0.1, 0.15) is 70.8 Å². The maximum atomic E-state index is 13.4. The van der Waals surface area contributed by atoms with Gasteiger partial charge in [-0.1, -0.05) is 42.2 Å². The molecule has 3 aliphatic rings. The average molecular weight is 530 g/mol. The number of halogens is 1. The van der Waals surface area contributed by atoms with E-state index >= 15 is 0 Å². The molecule has 4 rings (SSSR count). The number of imide groups is 1. The number of carboxylic acids is 1. The van der Waals surface area contributed by atoms with Gasteiger partial charge in [0, 0.05) is 18.9 Å². The molecule has 2 saturated heterocycles. The highest BCUT2D eigenvalue weighted by molar-refractivity contribution is 6.32. The number of unbranched alkanes of at least 4 members (excludes halogenated alkanes) is 2. The van der Waals surface area contributed by atoms with Crippen molar-refractivity contribution in [1.82, 2.24) is 4.90 Å². The molecule has 1 aromatic carbocycles. The summed E-state index contributed by atoms with van der Waals surface area (Å²) >= 11 is 6.25. The molecule has 0 saturated carbocycles. The number of phenols is 1. The van der Waals surface area contributed by atoms with Crippen molar-refractivity contribution in [1.29, 1.82) is 0 Å². The van der Waals surface area contributed by atoms with Gasteiger partial charge < -0.3 is 14.9 Å². The molecule has 2 heterocycles. The zero-order valence-electron chi connectivity index (χ0n) is 21.5. The number of hydrogen-bond acceptors (Lipinski definition) is 5. The minimum atomic E-state index is -0.823. The van der Waals surface area contributed by atoms with E-state index in [1.54, 1.807) is 12.1 Å². The Bertz CT molecular complexity index is 1130. The number of allylic oxidation sites excluding steroid dienone is 2. The predicted octanol–water partition coefficient (Wildman–Crippen LogP) is 5.60. The lowest BCUT2D eigenvalue weighted by atomic mass is 9.69. The van der Waals surface area contributed by atoms with Gasteiger partial charge >= 0.3 is 5.97 Å². The fourth-order valence-corrected chi connectivity index (χ4v) is 6.38. The SMILES string of the molecule is CCC1=C2[C@@H](CC/C(C)=C/c3ccc(O)cc3Cl)OC[C@@H]2[C@@H]2C(=O)N(CCCCCC(=O)O)C(=O)[C@@H]2C1. The first-order valence-electron chi connectivity index (χ1n) is 13.3. The van der Waals surface area contributed by atoms with Crippen molar-refractivity contribution in [3.05, 3.63) is 45.5 Å². The predicted molar refractivity (Wildman–Crippen MR) is 141 cm³/mol. The number of carbonyl (C=O) groups is 3. The summed E-state index contributed by atoms with van der Waals surface area (Å²) in [4.78, 5) is 38.7. The number of aromatic hydroxyl groups is 1. The molecule has 1 aliphatic carbocycles. The van der Waals surface area contributed by atoms with Crippen LogP contribution in [0.25, 0.3) is 6.08 Å². The van der Waals surface area contributed by atoms with E-state index in [1.165, 1.54) is 22.1 Å². The number of carbonyl (C=O) groups excluding carboxylic acids is 2. The quantitative estimate of drug-likeness (QED) is 0.220. The lowest BCUT2D eigenvalue weighted by molar-refractivity contribution is -0.141. The number of nitrogens with zero attached hydrogens (tertiary/aromatic N) is 1. The largest absolute Gasteiger partial charge is 0.508 e. The van der Waals surface area contributed by atoms with Crippen LogP contribution in [0.5, 0.6) is 5.75 Å². The second-order valence-corrected chi connectivity index (χ2v) is 10.9. The number of amides is 2. The summed E-state index contributed by atoms with van der Waals surface area (Å²) in [5.41, 5.74) is 4.48. The molecular formula is C29H36ClNO6. The summed E-state index contributed by atoms with van der Waals surface area (Å²) in [6, 6.07) is 4.94. The van der Waals surface area contributed by atoms with Crippen molar-refractivity contribution in [3.8, 4) is 5.75 Å². The van der Waals surface area contributed by atoms with Gasteiger partial charge in [0.25, 0.3) is 0 Å². The van der Waals surface area contributed by atoms with Gasteiger partial charge in [-0.15, -0.1) is 0 Å². The number of rotatable bonds is 11. The number of benzene rings is 1. The van der Waals surface area contributed by atoms with Crippen molar-refractivity contribution in [2.75, 3.05) is 13.2 Å². The van der Waals surface area contributed by atoms with E-state index in [0.29, 0.717) is 43.9 Å². The standard InChI is InChI=1S/C29H36ClNO6/c1-3-18-14-21-27(29(36)31(28(21)35)12-6-4-5-7-25(33)34)22-16-37-24(26(18)22)11-8-17(2)13-19-9-10-20(32)15-23(19)30/h9-10,13,15,21-22,24,27,32H,3-8,11-12,14,16H2,1-2H3,(H,33,34)/b17-13+/t21-,22+,24-,27-/m1/s1. The third-order valence-electron chi connectivity index (χ3n) is 7.99. The monoisotopic (exact) mass is 529 g/mol. The number of ether oxygens (including phenoxy) is 1. The van der Waals surface area contributed by atoms with Crippen LogP contribution in [-0.4, -0.2) is 52.2 Å². The van der Waals surface area contributed by atoms with Crippen molar-refractivity contribution in [2.45, 2.75) is 71.3 Å². The van der Waals surface area contributed by atoms with Gasteiger partial charge in [-0.05, 0) is 74.8 Å². The Balaban J connectivity index is 1.42. The van der Waals surface area contributed by atoms with Crippen LogP contribution in [0.2, 0.25) is 5.02 Å². The molecule has 8 heteroatoms. The number of aliphatic carboxylic acids is 1. The maximum Gasteiger partial charge on any atom is 0.303 e. The highest BCUT2D eigenvalue weighted by Crippen LogP contribution is 2.50. The van der Waals surface area contributed by atoms with Crippen LogP contribution in [0, 0.1) is 17.8 Å². The Morgan fingerprint density at radius 2 is 1.95 bits per heavy atom. The Morgan fingerprint density at radius 3 is 2.65 bits per heavy atom. The molecular weight excluding hydrogens is 494 g/mol. The summed E-state index contributed by atoms with van der Waals surface area (Å²) in [7, 11) is 0. The molecule has 37 heavy (non-hydrogen) atoms. The van der Waals surface area contributed by atoms with E-state index in [2.05, 4.69) is 13.8 Å². The first kappa shape index (κ1) is 27.4. The molecule has 2 amide bonds. The van der Waals surface area contributed by atoms with Crippen molar-refractivity contribution >= 4 is 35.5 Å². The zero-order valence-corrected chi connectivity index (χ0v) is 22.3. The van der Waals surface area contributed by atoms with Crippen molar-refractivity contribution < 1.29 is 29.3 Å². The number of fused-ring (bicyclic) bond motifs is 3. The van der Waals surface area contributed by atoms with Crippen molar-refractivity contribution in [3.63, 3.8) is 0 Å². The summed E-state index contributed by atoms with van der Waals surface area (Å²) in [6.07, 6.45) is 6.98. The van der Waals surface area contributed by atoms with E-state index in [4.69, 9.17) is 21.4 Å². The number of carboxylic acid groups (broad SMARTS) is 1. The molecule has 7 nitrogen and oxygen atoms in total. The molecule has 2 fully saturated rings. The molecule has 4 atom stereocenters. The average Bonchev–Trinajstić information content (AvgIpc) is 3.38. The minimum Gasteiger partial charge on any atom is -0.508 e. The first-order chi connectivity index (χ1) is 17.7. The van der Waals surface area contributed by atoms with Gasteiger partial charge in [0.15, 0.2) is 0 Å².